The van der Waals surface area contributed by atoms with E-state index in [0.717, 1.165) is 64.0 Å². The maximum atomic E-state index is 10.9. The van der Waals surface area contributed by atoms with E-state index in [1.54, 1.807) is 20.2 Å². The predicted octanol–water partition coefficient (Wildman–Crippen LogP) is -0.532. The largest absolute Gasteiger partial charge is 0.480 e. The Kier molecular flexibility index (Phi) is 72.4. The molecule has 0 aliphatic rings. The third-order valence-corrected chi connectivity index (χ3v) is 10.6. The molecule has 29 heteroatoms. The van der Waals surface area contributed by atoms with Crippen LogP contribution in [0.15, 0.2) is 17.5 Å². The molecule has 0 radical (unpaired) electrons. The number of aliphatic carboxylic acids is 4. The Morgan fingerprint density at radius 3 is 1.32 bits per heavy atom. The van der Waals surface area contributed by atoms with E-state index in [-0.39, 0.29) is 38.6 Å². The molecule has 1 aromatic heterocycles. The molecule has 0 aromatic carbocycles. The number of hydrogen-bond donors (Lipinski definition) is 19. The number of H-pyrrole nitrogens is 1. The van der Waals surface area contributed by atoms with E-state index in [9.17, 15) is 39.3 Å². The van der Waals surface area contributed by atoms with E-state index >= 15 is 0 Å². The third kappa shape index (κ3) is 69.5. The minimum Gasteiger partial charge on any atom is -0.480 e. The average Bonchev–Trinajstić information content (AvgIpc) is 3.97. The number of rotatable bonds is 43. The van der Waals surface area contributed by atoms with Crippen LogP contribution in [-0.2, 0) is 44.6 Å². The first-order chi connectivity index (χ1) is 38.9. The quantitative estimate of drug-likeness (QED) is 0.0222. The summed E-state index contributed by atoms with van der Waals surface area (Å²) in [6.45, 7) is 19.5. The number of aromatic nitrogens is 2. The van der Waals surface area contributed by atoms with Gasteiger partial charge in [0.1, 0.15) is 24.2 Å². The summed E-state index contributed by atoms with van der Waals surface area (Å²) in [6.07, 6.45) is 10.7. The standard InChI is InChI=1S/C11H24N2O3.C10H22N4O3.C10H17N3O3.C8H16N2O4.C6H14O2.C5H12O2.C3H8O/c1-2-9(14)8-13-10(11(15)16)6-4-3-5-7-12;1-2-7(15)6-14-8(9(16)17)4-3-5-13-10(11)12;1-2-8(14)5-12-9(10(15)16)3-7-4-11-6-13-7;1-2-5(11)4-10-6(8(13)14)3-7(9)12;1-3-4-8-6-5-7-2;1-2-4-7-5-3-6;1-2-3-4/h9-10,13-14H,2-8,12H2,1H3,(H,15,16);7-8,14-15H,2-6H2,1H3,(H,16,17)(H4,11,12,13);4,6,8-9,12,14H,2-3,5H2,1H3,(H,11,13)(H,15,16);5-6,10-11H,2-4H2,1H3,(H2,9,12)(H,13,14);3-6H2,1-2H3;6H,2-5H2,1H3;4H,2-3H2,1H3. The Bertz CT molecular complexity index is 1580. The zero-order valence-electron chi connectivity index (χ0n) is 50.5. The molecule has 23 N–H and O–H groups in total. The normalized spacial score (nSPS) is 13.3. The highest BCUT2D eigenvalue weighted by molar-refractivity contribution is 5.83. The first-order valence-electron chi connectivity index (χ1n) is 28.4. The van der Waals surface area contributed by atoms with E-state index in [1.807, 2.05) is 34.6 Å². The van der Waals surface area contributed by atoms with Crippen molar-refractivity contribution >= 4 is 35.7 Å². The van der Waals surface area contributed by atoms with E-state index in [1.165, 1.54) is 6.33 Å². The van der Waals surface area contributed by atoms with Gasteiger partial charge in [0, 0.05) is 78.0 Å². The molecule has 82 heavy (non-hydrogen) atoms. The van der Waals surface area contributed by atoms with Gasteiger partial charge in [0.15, 0.2) is 5.96 Å². The number of carbonyl (C=O) groups excluding carboxylic acids is 1. The highest BCUT2D eigenvalue weighted by atomic mass is 16.5. The second kappa shape index (κ2) is 67.1. The summed E-state index contributed by atoms with van der Waals surface area (Å²) >= 11 is 0. The van der Waals surface area contributed by atoms with E-state index in [0.29, 0.717) is 90.8 Å². The molecular weight excluding hydrogens is 1080 g/mol. The lowest BCUT2D eigenvalue weighted by Gasteiger charge is -2.16. The van der Waals surface area contributed by atoms with E-state index in [2.05, 4.69) is 43.2 Å². The fourth-order valence-corrected chi connectivity index (χ4v) is 5.50. The summed E-state index contributed by atoms with van der Waals surface area (Å²) < 4.78 is 14.7. The molecule has 0 aliphatic heterocycles. The summed E-state index contributed by atoms with van der Waals surface area (Å²) in [5.74, 6) is -4.54. The molecule has 1 rings (SSSR count). The molecular formula is C53H113N11O18. The predicted molar refractivity (Wildman–Crippen MR) is 315 cm³/mol. The lowest BCUT2D eigenvalue weighted by Crippen LogP contribution is -2.43. The smallest absolute Gasteiger partial charge is 0.321 e. The number of aliphatic imine (C=N–C) groups is 1. The minimum atomic E-state index is -1.15. The second-order valence-electron chi connectivity index (χ2n) is 18.1. The van der Waals surface area contributed by atoms with Crippen molar-refractivity contribution in [3.63, 3.8) is 0 Å². The number of methoxy groups -OCH3 is 1. The summed E-state index contributed by atoms with van der Waals surface area (Å²) in [5.41, 5.74) is 21.3. The fraction of sp³-hybridized carbons (Fsp3) is 0.830. The summed E-state index contributed by atoms with van der Waals surface area (Å²) in [6, 6.07) is -2.96. The highest BCUT2D eigenvalue weighted by Gasteiger charge is 2.21. The van der Waals surface area contributed by atoms with Crippen LogP contribution in [0.5, 0.6) is 0 Å². The van der Waals surface area contributed by atoms with Crippen LogP contribution in [0.4, 0.5) is 0 Å². The minimum absolute atomic E-state index is 0.00578. The van der Waals surface area contributed by atoms with Crippen molar-refractivity contribution in [1.29, 1.82) is 0 Å². The number of amides is 1. The summed E-state index contributed by atoms with van der Waals surface area (Å²) in [7, 11) is 1.68. The number of carboxylic acids is 4. The van der Waals surface area contributed by atoms with Crippen LogP contribution in [-0.4, -0.2) is 238 Å². The molecule has 1 amide bonds. The molecule has 0 bridgehead atoms. The Morgan fingerprint density at radius 1 is 0.573 bits per heavy atom. The van der Waals surface area contributed by atoms with Gasteiger partial charge >= 0.3 is 23.9 Å². The molecule has 0 saturated heterocycles. The third-order valence-electron chi connectivity index (χ3n) is 10.6. The van der Waals surface area contributed by atoms with Crippen LogP contribution in [0.1, 0.15) is 144 Å². The van der Waals surface area contributed by atoms with Gasteiger partial charge in [-0.3, -0.25) is 29.0 Å². The molecule has 488 valence electrons. The van der Waals surface area contributed by atoms with Crippen molar-refractivity contribution in [1.82, 2.24) is 31.2 Å². The Balaban J connectivity index is -0.000000213. The first-order valence-corrected chi connectivity index (χ1v) is 28.4. The topological polar surface area (TPSA) is 509 Å². The molecule has 0 fully saturated rings. The van der Waals surface area contributed by atoms with Gasteiger partial charge in [0.05, 0.1) is 63.6 Å². The number of aliphatic hydroxyl groups is 6. The SMILES string of the molecule is CCC(O)CNC(CC(N)=O)C(=O)O.CCC(O)CNC(CCCCCN)C(=O)O.CCC(O)CNC(CCCN=C(N)N)C(=O)O.CCC(O)CNC(Cc1cnc[nH]1)C(=O)O.CCCO.CCCOCCO.CCCOCCOC. The molecule has 0 spiro atoms. The van der Waals surface area contributed by atoms with Crippen molar-refractivity contribution < 1.29 is 89.2 Å². The van der Waals surface area contributed by atoms with Gasteiger partial charge < -0.3 is 114 Å². The number of ether oxygens (including phenoxy) is 3. The van der Waals surface area contributed by atoms with Gasteiger partial charge in [-0.05, 0) is 77.2 Å². The van der Waals surface area contributed by atoms with E-state index in [4.69, 9.17) is 72.9 Å². The van der Waals surface area contributed by atoms with Gasteiger partial charge in [-0.2, -0.15) is 0 Å². The maximum Gasteiger partial charge on any atom is 0.321 e. The highest BCUT2D eigenvalue weighted by Crippen LogP contribution is 2.05. The molecule has 8 atom stereocenters. The van der Waals surface area contributed by atoms with Crippen LogP contribution in [0.2, 0.25) is 0 Å². The second-order valence-corrected chi connectivity index (χ2v) is 18.1. The first kappa shape index (κ1) is 88.5. The van der Waals surface area contributed by atoms with Crippen LogP contribution in [0.3, 0.4) is 0 Å². The van der Waals surface area contributed by atoms with Gasteiger partial charge in [-0.25, -0.2) is 4.98 Å². The number of carbonyl (C=O) groups is 5. The number of hydrogen-bond acceptors (Lipinski definition) is 21. The van der Waals surface area contributed by atoms with Crippen molar-refractivity contribution in [2.75, 3.05) is 92.6 Å². The number of nitrogens with two attached hydrogens (primary N) is 4. The molecule has 1 heterocycles. The van der Waals surface area contributed by atoms with Crippen molar-refractivity contribution in [2.45, 2.75) is 193 Å². The Morgan fingerprint density at radius 2 is 0.988 bits per heavy atom. The zero-order valence-corrected chi connectivity index (χ0v) is 50.5. The van der Waals surface area contributed by atoms with Crippen LogP contribution in [0, 0.1) is 0 Å². The van der Waals surface area contributed by atoms with Crippen LogP contribution in [0.25, 0.3) is 0 Å². The molecule has 0 aliphatic carbocycles. The summed E-state index contributed by atoms with van der Waals surface area (Å²) in [4.78, 5) is 64.2. The number of aliphatic hydroxyl groups excluding tert-OH is 6. The number of unbranched alkanes of at least 4 members (excludes halogenated alkanes) is 2. The lowest BCUT2D eigenvalue weighted by atomic mass is 10.1. The maximum absolute atomic E-state index is 10.9. The monoisotopic (exact) mass is 1190 g/mol. The van der Waals surface area contributed by atoms with Crippen molar-refractivity contribution in [2.24, 2.45) is 27.9 Å². The number of imidazole rings is 1. The molecule has 1 aromatic rings. The lowest BCUT2D eigenvalue weighted by molar-refractivity contribution is -0.141. The fourth-order valence-electron chi connectivity index (χ4n) is 5.50. The van der Waals surface area contributed by atoms with Crippen LogP contribution >= 0.6 is 0 Å². The number of nitrogens with one attached hydrogen (secondary N) is 5. The van der Waals surface area contributed by atoms with Crippen molar-refractivity contribution in [3.05, 3.63) is 18.2 Å². The number of carboxylic acid groups (broad SMARTS) is 4. The summed E-state index contributed by atoms with van der Waals surface area (Å²) in [5, 5.41) is 99.7. The van der Waals surface area contributed by atoms with Crippen LogP contribution < -0.4 is 44.2 Å². The Hall–Kier alpha value is -4.73. The number of guanidine groups is 1. The van der Waals surface area contributed by atoms with Gasteiger partial charge in [0.2, 0.25) is 5.91 Å². The number of nitrogens with zero attached hydrogens (tertiary/aromatic N) is 2. The van der Waals surface area contributed by atoms with Gasteiger partial charge in [0.25, 0.3) is 0 Å². The van der Waals surface area contributed by atoms with E-state index < -0.39 is 78.4 Å². The van der Waals surface area contributed by atoms with Crippen molar-refractivity contribution in [3.8, 4) is 0 Å². The molecule has 29 nitrogen and oxygen atoms in total. The number of primary amides is 1. The average molecular weight is 1190 g/mol. The number of aromatic amines is 1. The van der Waals surface area contributed by atoms with Gasteiger partial charge in [-0.15, -0.1) is 0 Å². The molecule has 8 unspecified atom stereocenters. The van der Waals surface area contributed by atoms with Gasteiger partial charge in [-0.1, -0.05) is 61.3 Å². The zero-order chi connectivity index (χ0) is 63.9. The Labute approximate surface area is 487 Å². The molecule has 0 saturated carbocycles.